The van der Waals surface area contributed by atoms with Crippen LogP contribution in [0.2, 0.25) is 0 Å². The SMILES string of the molecule is Cc1ccccc1N1[C@@H](C)C23CCC1(CC2)c1ccn(C)c13. The van der Waals surface area contributed by atoms with Crippen molar-refractivity contribution in [2.45, 2.75) is 56.5 Å². The van der Waals surface area contributed by atoms with Gasteiger partial charge in [0, 0.05) is 36.1 Å². The number of hydrogen-bond donors (Lipinski definition) is 0. The van der Waals surface area contributed by atoms with Crippen molar-refractivity contribution in [3.8, 4) is 0 Å². The maximum atomic E-state index is 2.79. The first-order valence-corrected chi connectivity index (χ1v) is 8.61. The summed E-state index contributed by atoms with van der Waals surface area (Å²) in [5.41, 5.74) is 6.72. The van der Waals surface area contributed by atoms with E-state index in [0.29, 0.717) is 11.5 Å². The van der Waals surface area contributed by atoms with Gasteiger partial charge in [0.2, 0.25) is 0 Å². The lowest BCUT2D eigenvalue weighted by molar-refractivity contribution is 0.0499. The Labute approximate surface area is 132 Å². The summed E-state index contributed by atoms with van der Waals surface area (Å²) in [4.78, 5) is 2.79. The number of aromatic nitrogens is 1. The molecule has 2 saturated heterocycles. The van der Waals surface area contributed by atoms with Gasteiger partial charge >= 0.3 is 0 Å². The van der Waals surface area contributed by atoms with E-state index in [0.717, 1.165) is 0 Å². The second kappa shape index (κ2) is 3.79. The Morgan fingerprint density at radius 3 is 2.50 bits per heavy atom. The third kappa shape index (κ3) is 1.17. The molecule has 1 aromatic carbocycles. The van der Waals surface area contributed by atoms with Gasteiger partial charge in [-0.05, 0) is 62.8 Å². The van der Waals surface area contributed by atoms with Gasteiger partial charge < -0.3 is 9.47 Å². The number of para-hydroxylation sites is 1. The highest BCUT2D eigenvalue weighted by atomic mass is 15.3. The molecule has 3 fully saturated rings. The molecule has 2 aromatic rings. The van der Waals surface area contributed by atoms with Crippen LogP contribution in [0.3, 0.4) is 0 Å². The number of nitrogens with zero attached hydrogens (tertiary/aromatic N) is 2. The first-order chi connectivity index (χ1) is 10.6. The van der Waals surface area contributed by atoms with E-state index in [1.165, 1.54) is 36.9 Å². The summed E-state index contributed by atoms with van der Waals surface area (Å²) >= 11 is 0. The quantitative estimate of drug-likeness (QED) is 0.762. The average Bonchev–Trinajstić information content (AvgIpc) is 2.95. The minimum Gasteiger partial charge on any atom is -0.358 e. The van der Waals surface area contributed by atoms with Crippen LogP contribution in [0, 0.1) is 6.92 Å². The van der Waals surface area contributed by atoms with Gasteiger partial charge in [0.05, 0.1) is 5.54 Å². The Hall–Kier alpha value is -1.70. The molecule has 1 saturated carbocycles. The van der Waals surface area contributed by atoms with E-state index < -0.39 is 0 Å². The number of anilines is 1. The first kappa shape index (κ1) is 12.8. The maximum absolute atomic E-state index is 2.79. The van der Waals surface area contributed by atoms with Crippen molar-refractivity contribution in [2.75, 3.05) is 4.90 Å². The maximum Gasteiger partial charge on any atom is 0.0675 e. The molecule has 22 heavy (non-hydrogen) atoms. The van der Waals surface area contributed by atoms with Gasteiger partial charge in [-0.3, -0.25) is 0 Å². The monoisotopic (exact) mass is 292 g/mol. The minimum absolute atomic E-state index is 0.238. The molecule has 114 valence electrons. The van der Waals surface area contributed by atoms with Crippen LogP contribution in [-0.2, 0) is 18.0 Å². The Morgan fingerprint density at radius 2 is 1.77 bits per heavy atom. The fourth-order valence-corrected chi connectivity index (χ4v) is 6.02. The zero-order chi connectivity index (χ0) is 15.1. The van der Waals surface area contributed by atoms with Gasteiger partial charge in [-0.15, -0.1) is 0 Å². The first-order valence-electron chi connectivity index (χ1n) is 8.61. The molecule has 2 heteroatoms. The van der Waals surface area contributed by atoms with Crippen molar-refractivity contribution < 1.29 is 0 Å². The number of aryl methyl sites for hydroxylation is 2. The molecule has 0 unspecified atom stereocenters. The van der Waals surface area contributed by atoms with Crippen molar-refractivity contribution in [2.24, 2.45) is 7.05 Å². The summed E-state index contributed by atoms with van der Waals surface area (Å²) in [5.74, 6) is 0. The molecule has 8 rings (SSSR count). The van der Waals surface area contributed by atoms with Crippen molar-refractivity contribution in [3.63, 3.8) is 0 Å². The summed E-state index contributed by atoms with van der Waals surface area (Å²) in [6.45, 7) is 4.73. The number of piperidine rings is 2. The zero-order valence-electron chi connectivity index (χ0n) is 13.8. The van der Waals surface area contributed by atoms with E-state index in [4.69, 9.17) is 0 Å². The van der Waals surface area contributed by atoms with Crippen LogP contribution in [0.4, 0.5) is 5.69 Å². The average molecular weight is 292 g/mol. The predicted octanol–water partition coefficient (Wildman–Crippen LogP) is 4.26. The molecular formula is C20H24N2. The van der Waals surface area contributed by atoms with Crippen molar-refractivity contribution >= 4 is 5.69 Å². The van der Waals surface area contributed by atoms with Crippen LogP contribution in [0.25, 0.3) is 0 Å². The van der Waals surface area contributed by atoms with Crippen molar-refractivity contribution in [3.05, 3.63) is 53.3 Å². The van der Waals surface area contributed by atoms with Crippen LogP contribution in [-0.4, -0.2) is 10.6 Å². The number of rotatable bonds is 1. The fourth-order valence-electron chi connectivity index (χ4n) is 6.02. The van der Waals surface area contributed by atoms with Crippen molar-refractivity contribution in [1.29, 1.82) is 0 Å². The third-order valence-corrected chi connectivity index (χ3v) is 7.04. The summed E-state index contributed by atoms with van der Waals surface area (Å²) in [7, 11) is 2.24. The van der Waals surface area contributed by atoms with E-state index in [-0.39, 0.29) is 5.54 Å². The summed E-state index contributed by atoms with van der Waals surface area (Å²) in [6, 6.07) is 11.9. The molecule has 6 aliphatic rings. The molecule has 0 spiro atoms. The molecule has 0 amide bonds. The molecule has 3 aliphatic carbocycles. The molecule has 0 radical (unpaired) electrons. The molecule has 3 aliphatic heterocycles. The smallest absolute Gasteiger partial charge is 0.0675 e. The van der Waals surface area contributed by atoms with Gasteiger partial charge in [-0.2, -0.15) is 0 Å². The van der Waals surface area contributed by atoms with E-state index in [2.05, 4.69) is 66.9 Å². The molecule has 1 atom stereocenters. The molecule has 4 heterocycles. The highest BCUT2D eigenvalue weighted by Gasteiger charge is 2.65. The molecule has 1 aromatic heterocycles. The van der Waals surface area contributed by atoms with Gasteiger partial charge in [-0.1, -0.05) is 18.2 Å². The van der Waals surface area contributed by atoms with Gasteiger partial charge in [0.25, 0.3) is 0 Å². The Balaban J connectivity index is 1.80. The second-order valence-corrected chi connectivity index (χ2v) is 7.71. The van der Waals surface area contributed by atoms with E-state index >= 15 is 0 Å². The lowest BCUT2D eigenvalue weighted by atomic mass is 9.48. The van der Waals surface area contributed by atoms with Gasteiger partial charge in [0.1, 0.15) is 0 Å². The lowest BCUT2D eigenvalue weighted by Crippen LogP contribution is -2.72. The Kier molecular flexibility index (Phi) is 2.21. The number of benzene rings is 1. The fraction of sp³-hybridized carbons (Fsp3) is 0.500. The second-order valence-electron chi connectivity index (χ2n) is 7.71. The molecule has 2 bridgehead atoms. The topological polar surface area (TPSA) is 8.17 Å². The zero-order valence-corrected chi connectivity index (χ0v) is 13.8. The van der Waals surface area contributed by atoms with E-state index in [1.54, 1.807) is 11.3 Å². The van der Waals surface area contributed by atoms with Gasteiger partial charge in [-0.25, -0.2) is 0 Å². The summed E-state index contributed by atoms with van der Waals surface area (Å²) in [6.07, 6.45) is 7.66. The van der Waals surface area contributed by atoms with Crippen LogP contribution >= 0.6 is 0 Å². The highest BCUT2D eigenvalue weighted by Crippen LogP contribution is 2.66. The lowest BCUT2D eigenvalue weighted by Gasteiger charge is -2.69. The predicted molar refractivity (Wildman–Crippen MR) is 90.4 cm³/mol. The van der Waals surface area contributed by atoms with E-state index in [9.17, 15) is 0 Å². The highest BCUT2D eigenvalue weighted by molar-refractivity contribution is 5.65. The van der Waals surface area contributed by atoms with Crippen molar-refractivity contribution in [1.82, 2.24) is 4.57 Å². The molecule has 2 nitrogen and oxygen atoms in total. The minimum atomic E-state index is 0.238. The van der Waals surface area contributed by atoms with Crippen LogP contribution < -0.4 is 4.90 Å². The van der Waals surface area contributed by atoms with Crippen LogP contribution in [0.5, 0.6) is 0 Å². The Morgan fingerprint density at radius 1 is 1.05 bits per heavy atom. The van der Waals surface area contributed by atoms with Gasteiger partial charge in [0.15, 0.2) is 0 Å². The molecular weight excluding hydrogens is 268 g/mol. The molecule has 0 N–H and O–H groups in total. The van der Waals surface area contributed by atoms with E-state index in [1.807, 2.05) is 0 Å². The standard InChI is InChI=1S/C20H24N2/c1-14-6-4-5-7-17(14)22-15(2)19-9-11-20(22,12-10-19)16-8-13-21(3)18(16)19/h4-8,13,15H,9-12H2,1-3H3/t15-,19?,20?/m0/s1. The van der Waals surface area contributed by atoms with Crippen LogP contribution in [0.1, 0.15) is 49.4 Å². The largest absolute Gasteiger partial charge is 0.358 e. The Bertz CT molecular complexity index is 762. The normalized spacial score (nSPS) is 35.0. The third-order valence-electron chi connectivity index (χ3n) is 7.04. The number of hydrogen-bond acceptors (Lipinski definition) is 1. The van der Waals surface area contributed by atoms with Crippen LogP contribution in [0.15, 0.2) is 36.5 Å². The summed E-state index contributed by atoms with van der Waals surface area (Å²) < 4.78 is 2.41. The summed E-state index contributed by atoms with van der Waals surface area (Å²) in [5, 5.41) is 0.